The van der Waals surface area contributed by atoms with E-state index in [0.717, 1.165) is 12.0 Å². The van der Waals surface area contributed by atoms with Gasteiger partial charge in [-0.15, -0.1) is 0 Å². The molecule has 1 amide bonds. The van der Waals surface area contributed by atoms with Crippen molar-refractivity contribution in [1.82, 2.24) is 5.32 Å². The van der Waals surface area contributed by atoms with Crippen molar-refractivity contribution >= 4 is 12.1 Å². The molecule has 1 fully saturated rings. The lowest BCUT2D eigenvalue weighted by Gasteiger charge is -2.31. The second-order valence-corrected chi connectivity index (χ2v) is 4.79. The van der Waals surface area contributed by atoms with Crippen LogP contribution in [-0.4, -0.2) is 31.0 Å². The van der Waals surface area contributed by atoms with E-state index in [1.54, 1.807) is 0 Å². The standard InChI is InChI=1S/C15H19NO5/c1-11(17)21-13-8-5-9-19-14(13)16-15(18)20-10-12-6-3-2-4-7-12/h2-4,6-7,13-14H,5,8-10H2,1H3,(H,16,18)/t13-,14-/m1/s1. The number of ether oxygens (including phenoxy) is 3. The van der Waals surface area contributed by atoms with Gasteiger partial charge in [-0.2, -0.15) is 0 Å². The summed E-state index contributed by atoms with van der Waals surface area (Å²) < 4.78 is 15.7. The summed E-state index contributed by atoms with van der Waals surface area (Å²) in [6.07, 6.45) is -0.285. The minimum absolute atomic E-state index is 0.178. The number of nitrogens with one attached hydrogen (secondary N) is 1. The topological polar surface area (TPSA) is 73.9 Å². The predicted octanol–water partition coefficient (Wildman–Crippen LogP) is 1.98. The van der Waals surface area contributed by atoms with E-state index in [1.165, 1.54) is 6.92 Å². The molecule has 2 atom stereocenters. The Kier molecular flexibility index (Phi) is 5.57. The molecule has 2 rings (SSSR count). The van der Waals surface area contributed by atoms with E-state index in [4.69, 9.17) is 14.2 Å². The van der Waals surface area contributed by atoms with Crippen molar-refractivity contribution in [1.29, 1.82) is 0 Å². The molecule has 1 aliphatic heterocycles. The van der Waals surface area contributed by atoms with Crippen LogP contribution in [0, 0.1) is 0 Å². The van der Waals surface area contributed by atoms with Crippen molar-refractivity contribution < 1.29 is 23.8 Å². The molecule has 6 heteroatoms. The number of rotatable bonds is 4. The van der Waals surface area contributed by atoms with Gasteiger partial charge in [-0.3, -0.25) is 10.1 Å². The first-order valence-corrected chi connectivity index (χ1v) is 6.91. The van der Waals surface area contributed by atoms with Crippen LogP contribution in [0.2, 0.25) is 0 Å². The van der Waals surface area contributed by atoms with Crippen LogP contribution in [0.1, 0.15) is 25.3 Å². The Hall–Kier alpha value is -2.08. The highest BCUT2D eigenvalue weighted by Crippen LogP contribution is 2.16. The first-order valence-electron chi connectivity index (χ1n) is 6.91. The minimum Gasteiger partial charge on any atom is -0.458 e. The van der Waals surface area contributed by atoms with Crippen molar-refractivity contribution in [2.45, 2.75) is 38.7 Å². The summed E-state index contributed by atoms with van der Waals surface area (Å²) in [6.45, 7) is 2.03. The number of carbonyl (C=O) groups is 2. The van der Waals surface area contributed by atoms with Crippen LogP contribution in [0.5, 0.6) is 0 Å². The fourth-order valence-electron chi connectivity index (χ4n) is 2.10. The Labute approximate surface area is 123 Å². The number of hydrogen-bond acceptors (Lipinski definition) is 5. The molecular weight excluding hydrogens is 274 g/mol. The van der Waals surface area contributed by atoms with Crippen LogP contribution in [0.25, 0.3) is 0 Å². The molecule has 0 bridgehead atoms. The molecule has 1 N–H and O–H groups in total. The molecular formula is C15H19NO5. The highest BCUT2D eigenvalue weighted by Gasteiger charge is 2.30. The SMILES string of the molecule is CC(=O)O[C@@H]1CCCO[C@H]1NC(=O)OCc1ccccc1. The third-order valence-electron chi connectivity index (χ3n) is 3.06. The number of amides is 1. The monoisotopic (exact) mass is 293 g/mol. The van der Waals surface area contributed by atoms with Gasteiger partial charge in [-0.25, -0.2) is 4.79 Å². The zero-order valence-electron chi connectivity index (χ0n) is 11.9. The smallest absolute Gasteiger partial charge is 0.409 e. The summed E-state index contributed by atoms with van der Waals surface area (Å²) in [5.74, 6) is -0.394. The highest BCUT2D eigenvalue weighted by atomic mass is 16.6. The summed E-state index contributed by atoms with van der Waals surface area (Å²) >= 11 is 0. The van der Waals surface area contributed by atoms with Gasteiger partial charge in [0.2, 0.25) is 0 Å². The van der Waals surface area contributed by atoms with Crippen molar-refractivity contribution in [2.24, 2.45) is 0 Å². The Balaban J connectivity index is 1.81. The molecule has 6 nitrogen and oxygen atoms in total. The lowest BCUT2D eigenvalue weighted by atomic mass is 10.1. The molecule has 1 aromatic carbocycles. The molecule has 21 heavy (non-hydrogen) atoms. The number of carbonyl (C=O) groups excluding carboxylic acids is 2. The van der Waals surface area contributed by atoms with Crippen LogP contribution >= 0.6 is 0 Å². The van der Waals surface area contributed by atoms with Crippen LogP contribution in [0.15, 0.2) is 30.3 Å². The number of esters is 1. The van der Waals surface area contributed by atoms with Gasteiger partial charge in [-0.1, -0.05) is 30.3 Å². The minimum atomic E-state index is -0.661. The zero-order valence-corrected chi connectivity index (χ0v) is 11.9. The average Bonchev–Trinajstić information content (AvgIpc) is 2.48. The molecule has 0 radical (unpaired) electrons. The van der Waals surface area contributed by atoms with Gasteiger partial charge in [-0.05, 0) is 18.4 Å². The number of alkyl carbamates (subject to hydrolysis) is 1. The van der Waals surface area contributed by atoms with Crippen molar-refractivity contribution in [2.75, 3.05) is 6.61 Å². The largest absolute Gasteiger partial charge is 0.458 e. The van der Waals surface area contributed by atoms with Gasteiger partial charge < -0.3 is 14.2 Å². The second kappa shape index (κ2) is 7.64. The van der Waals surface area contributed by atoms with Crippen molar-refractivity contribution in [3.63, 3.8) is 0 Å². The molecule has 0 spiro atoms. The van der Waals surface area contributed by atoms with Gasteiger partial charge >= 0.3 is 12.1 Å². The van der Waals surface area contributed by atoms with E-state index in [0.29, 0.717) is 13.0 Å². The van der Waals surface area contributed by atoms with Crippen LogP contribution in [-0.2, 0) is 25.6 Å². The predicted molar refractivity (Wildman–Crippen MR) is 74.3 cm³/mol. The van der Waals surface area contributed by atoms with E-state index < -0.39 is 24.4 Å². The van der Waals surface area contributed by atoms with Gasteiger partial charge in [0.25, 0.3) is 0 Å². The lowest BCUT2D eigenvalue weighted by molar-refractivity contribution is -0.163. The molecule has 1 saturated heterocycles. The molecule has 0 unspecified atom stereocenters. The van der Waals surface area contributed by atoms with Crippen molar-refractivity contribution in [3.8, 4) is 0 Å². The average molecular weight is 293 g/mol. The number of hydrogen-bond donors (Lipinski definition) is 1. The molecule has 1 aliphatic rings. The fraction of sp³-hybridized carbons (Fsp3) is 0.467. The van der Waals surface area contributed by atoms with E-state index in [1.807, 2.05) is 30.3 Å². The third-order valence-corrected chi connectivity index (χ3v) is 3.06. The van der Waals surface area contributed by atoms with Crippen LogP contribution in [0.4, 0.5) is 4.79 Å². The Morgan fingerprint density at radius 2 is 2.10 bits per heavy atom. The Morgan fingerprint density at radius 1 is 1.33 bits per heavy atom. The quantitative estimate of drug-likeness (QED) is 0.859. The molecule has 1 heterocycles. The van der Waals surface area contributed by atoms with Crippen LogP contribution in [0.3, 0.4) is 0 Å². The molecule has 1 aromatic rings. The normalized spacial score (nSPS) is 21.4. The van der Waals surface area contributed by atoms with Gasteiger partial charge in [0, 0.05) is 13.5 Å². The fourth-order valence-corrected chi connectivity index (χ4v) is 2.10. The third kappa shape index (κ3) is 5.07. The summed E-state index contributed by atoms with van der Waals surface area (Å²) in [5, 5.41) is 2.58. The van der Waals surface area contributed by atoms with E-state index in [2.05, 4.69) is 5.32 Å². The molecule has 0 aliphatic carbocycles. The van der Waals surface area contributed by atoms with Gasteiger partial charge in [0.1, 0.15) is 12.7 Å². The Bertz CT molecular complexity index is 476. The highest BCUT2D eigenvalue weighted by molar-refractivity contribution is 5.68. The second-order valence-electron chi connectivity index (χ2n) is 4.79. The maximum Gasteiger partial charge on any atom is 0.409 e. The summed E-state index contributed by atoms with van der Waals surface area (Å²) in [6, 6.07) is 9.37. The van der Waals surface area contributed by atoms with E-state index in [-0.39, 0.29) is 6.61 Å². The van der Waals surface area contributed by atoms with Gasteiger partial charge in [0.15, 0.2) is 6.23 Å². The summed E-state index contributed by atoms with van der Waals surface area (Å²) in [7, 11) is 0. The first-order chi connectivity index (χ1) is 10.1. The van der Waals surface area contributed by atoms with Crippen molar-refractivity contribution in [3.05, 3.63) is 35.9 Å². The van der Waals surface area contributed by atoms with Crippen LogP contribution < -0.4 is 5.32 Å². The zero-order chi connectivity index (χ0) is 15.1. The maximum absolute atomic E-state index is 11.8. The maximum atomic E-state index is 11.8. The molecule has 114 valence electrons. The van der Waals surface area contributed by atoms with E-state index >= 15 is 0 Å². The molecule has 0 saturated carbocycles. The first kappa shape index (κ1) is 15.3. The number of benzene rings is 1. The van der Waals surface area contributed by atoms with Gasteiger partial charge in [0.05, 0.1) is 0 Å². The lowest BCUT2D eigenvalue weighted by Crippen LogP contribution is -2.49. The Morgan fingerprint density at radius 3 is 2.81 bits per heavy atom. The summed E-state index contributed by atoms with van der Waals surface area (Å²) in [4.78, 5) is 22.8. The summed E-state index contributed by atoms with van der Waals surface area (Å²) in [5.41, 5.74) is 0.897. The van der Waals surface area contributed by atoms with E-state index in [9.17, 15) is 9.59 Å². The molecule has 0 aromatic heterocycles.